The summed E-state index contributed by atoms with van der Waals surface area (Å²) in [6.45, 7) is 2.93. The first-order chi connectivity index (χ1) is 9.22. The summed E-state index contributed by atoms with van der Waals surface area (Å²) in [4.78, 5) is 0. The Kier molecular flexibility index (Phi) is 3.68. The molecule has 1 aliphatic heterocycles. The topological polar surface area (TPSA) is 34.4 Å². The number of hydrogen-bond donors (Lipinski definition) is 1. The van der Waals surface area contributed by atoms with Crippen LogP contribution in [0.4, 0.5) is 0 Å². The molecular weight excluding hydrogens is 238 g/mol. The zero-order valence-corrected chi connectivity index (χ0v) is 12.1. The highest BCUT2D eigenvalue weighted by atomic mass is 16.5. The van der Waals surface area contributed by atoms with Gasteiger partial charge >= 0.3 is 0 Å². The third-order valence-corrected chi connectivity index (χ3v) is 4.94. The Morgan fingerprint density at radius 1 is 1.37 bits per heavy atom. The van der Waals surface area contributed by atoms with Crippen molar-refractivity contribution in [2.45, 2.75) is 57.1 Å². The van der Waals surface area contributed by atoms with E-state index in [2.05, 4.69) is 18.4 Å². The average Bonchev–Trinajstić information content (AvgIpc) is 3.01. The predicted octanol–water partition coefficient (Wildman–Crippen LogP) is 3.59. The van der Waals surface area contributed by atoms with Crippen LogP contribution in [-0.2, 0) is 4.74 Å². The summed E-state index contributed by atoms with van der Waals surface area (Å²) >= 11 is 0. The minimum absolute atomic E-state index is 0.191. The van der Waals surface area contributed by atoms with E-state index < -0.39 is 0 Å². The van der Waals surface area contributed by atoms with Gasteiger partial charge in [0, 0.05) is 18.2 Å². The molecule has 1 saturated carbocycles. The van der Waals surface area contributed by atoms with Crippen molar-refractivity contribution in [3.8, 4) is 0 Å². The van der Waals surface area contributed by atoms with Gasteiger partial charge in [-0.05, 0) is 51.6 Å². The number of aryl methyl sites for hydroxylation is 1. The van der Waals surface area contributed by atoms with Gasteiger partial charge in [-0.2, -0.15) is 0 Å². The van der Waals surface area contributed by atoms with Gasteiger partial charge in [-0.1, -0.05) is 12.8 Å². The Balaban J connectivity index is 1.76. The van der Waals surface area contributed by atoms with Crippen LogP contribution < -0.4 is 5.32 Å². The molecular formula is C16H25NO2. The molecule has 3 rings (SSSR count). The molecule has 3 nitrogen and oxygen atoms in total. The van der Waals surface area contributed by atoms with Crippen molar-refractivity contribution in [2.75, 3.05) is 13.7 Å². The first-order valence-corrected chi connectivity index (χ1v) is 7.59. The van der Waals surface area contributed by atoms with E-state index in [0.717, 1.165) is 18.8 Å². The summed E-state index contributed by atoms with van der Waals surface area (Å²) in [6, 6.07) is 2.57. The van der Waals surface area contributed by atoms with E-state index >= 15 is 0 Å². The second-order valence-electron chi connectivity index (χ2n) is 6.25. The predicted molar refractivity (Wildman–Crippen MR) is 75.1 cm³/mol. The second kappa shape index (κ2) is 5.29. The number of hydrogen-bond acceptors (Lipinski definition) is 3. The van der Waals surface area contributed by atoms with Crippen LogP contribution in [0.3, 0.4) is 0 Å². The molecule has 1 aliphatic carbocycles. The van der Waals surface area contributed by atoms with Crippen molar-refractivity contribution in [3.63, 3.8) is 0 Å². The van der Waals surface area contributed by atoms with Gasteiger partial charge in [0.05, 0.1) is 11.9 Å². The lowest BCUT2D eigenvalue weighted by atomic mass is 9.79. The monoisotopic (exact) mass is 263 g/mol. The van der Waals surface area contributed by atoms with Crippen LogP contribution in [-0.4, -0.2) is 19.3 Å². The Hall–Kier alpha value is -0.800. The number of rotatable bonds is 3. The Bertz CT molecular complexity index is 420. The van der Waals surface area contributed by atoms with E-state index in [1.807, 2.05) is 13.2 Å². The molecule has 2 heterocycles. The molecule has 1 N–H and O–H groups in total. The van der Waals surface area contributed by atoms with Crippen LogP contribution in [0.1, 0.15) is 55.9 Å². The van der Waals surface area contributed by atoms with Crippen molar-refractivity contribution in [3.05, 3.63) is 23.7 Å². The van der Waals surface area contributed by atoms with Gasteiger partial charge in [-0.25, -0.2) is 0 Å². The van der Waals surface area contributed by atoms with Crippen molar-refractivity contribution in [2.24, 2.45) is 5.92 Å². The quantitative estimate of drug-likeness (QED) is 0.905. The van der Waals surface area contributed by atoms with Crippen LogP contribution in [0.2, 0.25) is 0 Å². The first-order valence-electron chi connectivity index (χ1n) is 7.59. The lowest BCUT2D eigenvalue weighted by molar-refractivity contribution is -0.0979. The average molecular weight is 263 g/mol. The van der Waals surface area contributed by atoms with Crippen molar-refractivity contribution in [1.82, 2.24) is 5.32 Å². The van der Waals surface area contributed by atoms with E-state index in [4.69, 9.17) is 9.15 Å². The largest absolute Gasteiger partial charge is 0.469 e. The molecule has 0 amide bonds. The number of furan rings is 1. The summed E-state index contributed by atoms with van der Waals surface area (Å²) < 4.78 is 11.6. The lowest BCUT2D eigenvalue weighted by Crippen LogP contribution is -2.41. The standard InChI is InChI=1S/C16H25NO2/c1-12-9-14(11-18-12)15(17-2)13-5-8-19-16(10-13)6-3-4-7-16/h9,11,13,15,17H,3-8,10H2,1-2H3. The molecule has 2 atom stereocenters. The van der Waals surface area contributed by atoms with Gasteiger partial charge in [0.1, 0.15) is 5.76 Å². The summed E-state index contributed by atoms with van der Waals surface area (Å²) in [7, 11) is 2.06. The maximum absolute atomic E-state index is 6.14. The highest BCUT2D eigenvalue weighted by molar-refractivity contribution is 5.18. The first kappa shape index (κ1) is 13.2. The van der Waals surface area contributed by atoms with Gasteiger partial charge in [-0.3, -0.25) is 0 Å². The molecule has 106 valence electrons. The molecule has 0 aromatic carbocycles. The van der Waals surface area contributed by atoms with Gasteiger partial charge < -0.3 is 14.5 Å². The maximum Gasteiger partial charge on any atom is 0.101 e. The van der Waals surface area contributed by atoms with Gasteiger partial charge in [-0.15, -0.1) is 0 Å². The molecule has 1 aromatic rings. The summed E-state index contributed by atoms with van der Waals surface area (Å²) in [5.41, 5.74) is 1.48. The molecule has 1 saturated heterocycles. The summed E-state index contributed by atoms with van der Waals surface area (Å²) in [6.07, 6.45) is 9.44. The van der Waals surface area contributed by atoms with Crippen LogP contribution in [0.25, 0.3) is 0 Å². The fourth-order valence-electron chi connectivity index (χ4n) is 4.02. The molecule has 1 spiro atoms. The third kappa shape index (κ3) is 2.59. The zero-order chi connectivity index (χ0) is 13.3. The number of nitrogens with one attached hydrogen (secondary N) is 1. The summed E-state index contributed by atoms with van der Waals surface area (Å²) in [5, 5.41) is 3.49. The molecule has 2 unspecified atom stereocenters. The minimum Gasteiger partial charge on any atom is -0.469 e. The van der Waals surface area contributed by atoms with E-state index in [9.17, 15) is 0 Å². The second-order valence-corrected chi connectivity index (χ2v) is 6.25. The van der Waals surface area contributed by atoms with E-state index in [1.54, 1.807) is 0 Å². The van der Waals surface area contributed by atoms with Crippen LogP contribution >= 0.6 is 0 Å². The molecule has 2 aliphatic rings. The Morgan fingerprint density at radius 3 is 2.79 bits per heavy atom. The van der Waals surface area contributed by atoms with Crippen molar-refractivity contribution < 1.29 is 9.15 Å². The molecule has 0 radical (unpaired) electrons. The highest BCUT2D eigenvalue weighted by Gasteiger charge is 2.42. The SMILES string of the molecule is CNC(c1coc(C)c1)C1CCOC2(CCCC2)C1. The van der Waals surface area contributed by atoms with Crippen molar-refractivity contribution >= 4 is 0 Å². The van der Waals surface area contributed by atoms with Crippen LogP contribution in [0.5, 0.6) is 0 Å². The molecule has 0 bridgehead atoms. The van der Waals surface area contributed by atoms with E-state index in [-0.39, 0.29) is 5.60 Å². The lowest BCUT2D eigenvalue weighted by Gasteiger charge is -2.41. The molecule has 2 fully saturated rings. The fourth-order valence-corrected chi connectivity index (χ4v) is 4.02. The van der Waals surface area contributed by atoms with Gasteiger partial charge in [0.2, 0.25) is 0 Å². The minimum atomic E-state index is 0.191. The number of ether oxygens (including phenoxy) is 1. The van der Waals surface area contributed by atoms with E-state index in [1.165, 1.54) is 37.7 Å². The van der Waals surface area contributed by atoms with E-state index in [0.29, 0.717) is 12.0 Å². The van der Waals surface area contributed by atoms with Crippen LogP contribution in [0, 0.1) is 12.8 Å². The highest BCUT2D eigenvalue weighted by Crippen LogP contribution is 2.45. The molecule has 3 heteroatoms. The molecule has 19 heavy (non-hydrogen) atoms. The van der Waals surface area contributed by atoms with Crippen molar-refractivity contribution in [1.29, 1.82) is 0 Å². The maximum atomic E-state index is 6.14. The fraction of sp³-hybridized carbons (Fsp3) is 0.750. The third-order valence-electron chi connectivity index (χ3n) is 4.94. The Morgan fingerprint density at radius 2 is 2.16 bits per heavy atom. The van der Waals surface area contributed by atoms with Crippen LogP contribution in [0.15, 0.2) is 16.7 Å². The van der Waals surface area contributed by atoms with Gasteiger partial charge in [0.15, 0.2) is 0 Å². The van der Waals surface area contributed by atoms with Gasteiger partial charge in [0.25, 0.3) is 0 Å². The summed E-state index contributed by atoms with van der Waals surface area (Å²) in [5.74, 6) is 1.66. The smallest absolute Gasteiger partial charge is 0.101 e. The zero-order valence-electron chi connectivity index (χ0n) is 12.1. The Labute approximate surface area is 115 Å². The normalized spacial score (nSPS) is 27.8. The molecule has 1 aromatic heterocycles.